The van der Waals surface area contributed by atoms with Crippen molar-refractivity contribution in [2.24, 2.45) is 5.73 Å². The van der Waals surface area contributed by atoms with E-state index in [2.05, 4.69) is 4.72 Å². The fraction of sp³-hybridized carbons (Fsp3) is 0.429. The maximum atomic E-state index is 12.1. The summed E-state index contributed by atoms with van der Waals surface area (Å²) < 4.78 is 31.6. The first-order valence-corrected chi connectivity index (χ1v) is 8.20. The second-order valence-electron chi connectivity index (χ2n) is 5.10. The van der Waals surface area contributed by atoms with Gasteiger partial charge in [-0.25, -0.2) is 17.9 Å². The lowest BCUT2D eigenvalue weighted by molar-refractivity contribution is -0.118. The molecule has 1 aromatic carbocycles. The van der Waals surface area contributed by atoms with Gasteiger partial charge in [0, 0.05) is 6.04 Å². The van der Waals surface area contributed by atoms with Crippen molar-refractivity contribution in [3.63, 3.8) is 0 Å². The van der Waals surface area contributed by atoms with E-state index in [1.54, 1.807) is 20.8 Å². The summed E-state index contributed by atoms with van der Waals surface area (Å²) in [5, 5.41) is 0. The quantitative estimate of drug-likeness (QED) is 0.715. The van der Waals surface area contributed by atoms with E-state index in [9.17, 15) is 18.0 Å². The first-order chi connectivity index (χ1) is 10.1. The Hall–Kier alpha value is -1.93. The van der Waals surface area contributed by atoms with Gasteiger partial charge in [-0.05, 0) is 38.5 Å². The lowest BCUT2D eigenvalue weighted by Crippen LogP contribution is -2.30. The molecule has 0 atom stereocenters. The smallest absolute Gasteiger partial charge is 0.338 e. The van der Waals surface area contributed by atoms with Crippen LogP contribution < -0.4 is 10.5 Å². The molecule has 122 valence electrons. The number of rotatable bonds is 7. The number of sulfonamides is 1. The number of primary amides is 1. The summed E-state index contributed by atoms with van der Waals surface area (Å²) in [5.74, 6) is -1.28. The number of amides is 1. The molecule has 0 bridgehead atoms. The molecule has 0 aliphatic carbocycles. The van der Waals surface area contributed by atoms with Crippen LogP contribution in [-0.4, -0.2) is 32.9 Å². The molecular formula is C14H20N2O5S. The van der Waals surface area contributed by atoms with E-state index in [0.717, 1.165) is 0 Å². The molecule has 1 rings (SSSR count). The molecular weight excluding hydrogens is 308 g/mol. The minimum absolute atomic E-state index is 0.0198. The molecule has 1 amide bonds. The normalized spacial score (nSPS) is 11.5. The maximum Gasteiger partial charge on any atom is 0.338 e. The van der Waals surface area contributed by atoms with Crippen molar-refractivity contribution in [2.75, 3.05) is 6.61 Å². The molecule has 0 unspecified atom stereocenters. The number of ether oxygens (including phenoxy) is 1. The van der Waals surface area contributed by atoms with Gasteiger partial charge in [-0.3, -0.25) is 4.79 Å². The van der Waals surface area contributed by atoms with E-state index < -0.39 is 21.9 Å². The monoisotopic (exact) mass is 328 g/mol. The average molecular weight is 328 g/mol. The summed E-state index contributed by atoms with van der Waals surface area (Å²) in [6, 6.07) is 3.93. The second kappa shape index (κ2) is 7.37. The highest BCUT2D eigenvalue weighted by Crippen LogP contribution is 2.17. The third-order valence-corrected chi connectivity index (χ3v) is 4.37. The van der Waals surface area contributed by atoms with Crippen LogP contribution in [0.5, 0.6) is 0 Å². The molecule has 0 saturated heterocycles. The topological polar surface area (TPSA) is 116 Å². The lowest BCUT2D eigenvalue weighted by Gasteiger charge is -2.12. The zero-order valence-electron chi connectivity index (χ0n) is 12.8. The Labute approximate surface area is 129 Å². The lowest BCUT2D eigenvalue weighted by atomic mass is 10.1. The number of nitrogens with one attached hydrogen (secondary N) is 1. The minimum atomic E-state index is -3.70. The molecule has 0 radical (unpaired) electrons. The predicted molar refractivity (Wildman–Crippen MR) is 80.7 cm³/mol. The van der Waals surface area contributed by atoms with Gasteiger partial charge in [0.25, 0.3) is 0 Å². The molecule has 1 aromatic rings. The molecule has 7 nitrogen and oxygen atoms in total. The third kappa shape index (κ3) is 5.12. The first-order valence-electron chi connectivity index (χ1n) is 6.72. The number of carbonyl (C=O) groups excluding carboxylic acids is 2. The molecule has 8 heteroatoms. The van der Waals surface area contributed by atoms with Crippen LogP contribution in [0.25, 0.3) is 0 Å². The predicted octanol–water partition coefficient (Wildman–Crippen LogP) is 0.714. The number of carbonyl (C=O) groups is 2. The van der Waals surface area contributed by atoms with Crippen molar-refractivity contribution >= 4 is 21.9 Å². The summed E-state index contributed by atoms with van der Waals surface area (Å²) in [6.45, 7) is 4.92. The van der Waals surface area contributed by atoms with Crippen LogP contribution in [0.2, 0.25) is 0 Å². The Balaban J connectivity index is 2.99. The van der Waals surface area contributed by atoms with Crippen LogP contribution in [0.15, 0.2) is 23.1 Å². The molecule has 0 heterocycles. The van der Waals surface area contributed by atoms with Crippen molar-refractivity contribution < 1.29 is 22.7 Å². The number of hydrogen-bond acceptors (Lipinski definition) is 5. The highest BCUT2D eigenvalue weighted by molar-refractivity contribution is 7.89. The fourth-order valence-corrected chi connectivity index (χ4v) is 2.97. The minimum Gasteiger partial charge on any atom is -0.462 e. The molecule has 3 N–H and O–H groups in total. The Bertz CT molecular complexity index is 668. The van der Waals surface area contributed by atoms with Crippen molar-refractivity contribution in [1.29, 1.82) is 0 Å². The van der Waals surface area contributed by atoms with E-state index in [1.807, 2.05) is 0 Å². The van der Waals surface area contributed by atoms with Gasteiger partial charge in [0.2, 0.25) is 15.9 Å². The third-order valence-electron chi connectivity index (χ3n) is 2.71. The van der Waals surface area contributed by atoms with Gasteiger partial charge in [-0.1, -0.05) is 6.07 Å². The van der Waals surface area contributed by atoms with Gasteiger partial charge in [-0.15, -0.1) is 0 Å². The number of esters is 1. The number of nitrogens with two attached hydrogens (primary N) is 1. The van der Waals surface area contributed by atoms with Gasteiger partial charge in [0.15, 0.2) is 0 Å². The molecule has 0 aromatic heterocycles. The van der Waals surface area contributed by atoms with Crippen molar-refractivity contribution in [3.8, 4) is 0 Å². The Morgan fingerprint density at radius 2 is 1.95 bits per heavy atom. The van der Waals surface area contributed by atoms with Crippen molar-refractivity contribution in [1.82, 2.24) is 4.72 Å². The molecule has 0 spiro atoms. The van der Waals surface area contributed by atoms with Crippen molar-refractivity contribution in [3.05, 3.63) is 29.3 Å². The number of benzene rings is 1. The van der Waals surface area contributed by atoms with Gasteiger partial charge in [-0.2, -0.15) is 0 Å². The largest absolute Gasteiger partial charge is 0.462 e. The Morgan fingerprint density at radius 3 is 2.50 bits per heavy atom. The van der Waals surface area contributed by atoms with E-state index in [0.29, 0.717) is 5.56 Å². The molecule has 0 aliphatic rings. The summed E-state index contributed by atoms with van der Waals surface area (Å²) in [6.07, 6.45) is -0.0856. The van der Waals surface area contributed by atoms with E-state index in [1.165, 1.54) is 18.2 Å². The Morgan fingerprint density at radius 1 is 1.32 bits per heavy atom. The van der Waals surface area contributed by atoms with E-state index in [4.69, 9.17) is 10.5 Å². The molecule has 0 fully saturated rings. The molecule has 0 saturated carbocycles. The Kier molecular flexibility index (Phi) is 6.07. The molecule has 22 heavy (non-hydrogen) atoms. The summed E-state index contributed by atoms with van der Waals surface area (Å²) in [4.78, 5) is 22.6. The zero-order chi connectivity index (χ0) is 16.9. The summed E-state index contributed by atoms with van der Waals surface area (Å²) >= 11 is 0. The number of aryl methyl sites for hydroxylation is 1. The van der Waals surface area contributed by atoms with Gasteiger partial charge in [0.05, 0.1) is 16.9 Å². The standard InChI is InChI=1S/C14H20N2O5S/c1-9(2)16-22(19,20)11-5-4-10(3)12(8-11)14(18)21-7-6-13(15)17/h4-5,8-9,16H,6-7H2,1-3H3,(H2,15,17). The second-order valence-corrected chi connectivity index (χ2v) is 6.82. The van der Waals surface area contributed by atoms with Crippen molar-refractivity contribution in [2.45, 2.75) is 38.1 Å². The van der Waals surface area contributed by atoms with E-state index in [-0.39, 0.29) is 29.5 Å². The zero-order valence-corrected chi connectivity index (χ0v) is 13.6. The van der Waals surface area contributed by atoms with Crippen LogP contribution >= 0.6 is 0 Å². The van der Waals surface area contributed by atoms with Gasteiger partial charge < -0.3 is 10.5 Å². The summed E-state index contributed by atoms with van der Waals surface area (Å²) in [5.41, 5.74) is 5.67. The average Bonchev–Trinajstić information content (AvgIpc) is 2.36. The van der Waals surface area contributed by atoms with Crippen LogP contribution in [-0.2, 0) is 19.6 Å². The molecule has 0 aliphatic heterocycles. The highest BCUT2D eigenvalue weighted by atomic mass is 32.2. The van der Waals surface area contributed by atoms with Gasteiger partial charge in [0.1, 0.15) is 6.61 Å². The van der Waals surface area contributed by atoms with E-state index >= 15 is 0 Å². The van der Waals surface area contributed by atoms with Crippen LogP contribution in [0.1, 0.15) is 36.2 Å². The SMILES string of the molecule is Cc1ccc(S(=O)(=O)NC(C)C)cc1C(=O)OCCC(N)=O. The highest BCUT2D eigenvalue weighted by Gasteiger charge is 2.19. The summed E-state index contributed by atoms with van der Waals surface area (Å²) in [7, 11) is -3.70. The van der Waals surface area contributed by atoms with Gasteiger partial charge >= 0.3 is 5.97 Å². The maximum absolute atomic E-state index is 12.1. The first kappa shape index (κ1) is 18.1. The number of hydrogen-bond donors (Lipinski definition) is 2. The van der Waals surface area contributed by atoms with Crippen LogP contribution in [0.4, 0.5) is 0 Å². The fourth-order valence-electron chi connectivity index (χ4n) is 1.69. The van der Waals surface area contributed by atoms with Crippen LogP contribution in [0.3, 0.4) is 0 Å². The van der Waals surface area contributed by atoms with Crippen LogP contribution in [0, 0.1) is 6.92 Å².